The molecule has 0 saturated carbocycles. The predicted molar refractivity (Wildman–Crippen MR) is 174 cm³/mol. The molecule has 3 atom stereocenters. The lowest BCUT2D eigenvalue weighted by molar-refractivity contribution is -0.884. The standard InChI is InChI=1S/C36H48N4O4/c1-6-7-19-39(30-11-8-10-26(21-30)25-40(3,4)5)34(41)24-38-23-31(27-13-16-33-28(22-27)17-20-44-33)35(36(42)43)32(38)15-14-29-12-9-18-37(29)2/h8-13,16,18,21-22,31-32,35H,6-7,14-15,17,19-20,23-25H2,1-5H3/p+1/t31-,32+,35?/m1/s1. The van der Waals surface area contributed by atoms with Crippen LogP contribution in [0.15, 0.2) is 60.8 Å². The predicted octanol–water partition coefficient (Wildman–Crippen LogP) is 5.10. The SMILES string of the molecule is CCCCN(C(=O)CN1C[C@H](c2ccc3c(c2)CCO3)C(C(=O)O)[C@@H]1CCc1cccn1C)c1cccc(C[N+](C)(C)C)c1. The van der Waals surface area contributed by atoms with Gasteiger partial charge in [-0.1, -0.05) is 37.6 Å². The van der Waals surface area contributed by atoms with E-state index in [1.54, 1.807) is 0 Å². The maximum absolute atomic E-state index is 14.2. The molecule has 236 valence electrons. The number of aryl methyl sites for hydroxylation is 2. The van der Waals surface area contributed by atoms with Gasteiger partial charge in [-0.2, -0.15) is 0 Å². The molecule has 3 heterocycles. The Hall–Kier alpha value is -3.62. The van der Waals surface area contributed by atoms with E-state index in [9.17, 15) is 14.7 Å². The number of hydrogen-bond donors (Lipinski definition) is 1. The molecule has 1 N–H and O–H groups in total. The summed E-state index contributed by atoms with van der Waals surface area (Å²) in [5.74, 6) is -0.696. The molecule has 0 radical (unpaired) electrons. The summed E-state index contributed by atoms with van der Waals surface area (Å²) in [7, 11) is 8.52. The van der Waals surface area contributed by atoms with Crippen LogP contribution in [-0.4, -0.2) is 84.4 Å². The molecule has 0 spiro atoms. The monoisotopic (exact) mass is 601 g/mol. The summed E-state index contributed by atoms with van der Waals surface area (Å²) in [6.07, 6.45) is 6.16. The number of aromatic nitrogens is 1. The highest BCUT2D eigenvalue weighted by Crippen LogP contribution is 2.41. The Bertz CT molecular complexity index is 1460. The Kier molecular flexibility index (Phi) is 9.81. The molecule has 1 fully saturated rings. The van der Waals surface area contributed by atoms with Gasteiger partial charge in [-0.15, -0.1) is 0 Å². The molecule has 3 aromatic rings. The molecule has 0 bridgehead atoms. The molecule has 1 aromatic heterocycles. The third-order valence-electron chi connectivity index (χ3n) is 9.18. The third-order valence-corrected chi connectivity index (χ3v) is 9.18. The number of unbranched alkanes of at least 4 members (excludes halogenated alkanes) is 1. The smallest absolute Gasteiger partial charge is 0.308 e. The van der Waals surface area contributed by atoms with Crippen LogP contribution < -0.4 is 9.64 Å². The number of amides is 1. The van der Waals surface area contributed by atoms with E-state index in [1.165, 1.54) is 5.56 Å². The van der Waals surface area contributed by atoms with Crippen molar-refractivity contribution in [1.29, 1.82) is 0 Å². The molecule has 1 unspecified atom stereocenters. The van der Waals surface area contributed by atoms with E-state index in [0.29, 0.717) is 26.1 Å². The summed E-state index contributed by atoms with van der Waals surface area (Å²) in [6.45, 7) is 5.03. The van der Waals surface area contributed by atoms with Crippen LogP contribution in [0.2, 0.25) is 0 Å². The van der Waals surface area contributed by atoms with Gasteiger partial charge in [-0.25, -0.2) is 0 Å². The van der Waals surface area contributed by atoms with Gasteiger partial charge in [0.1, 0.15) is 12.3 Å². The van der Waals surface area contributed by atoms with E-state index in [1.807, 2.05) is 48.5 Å². The van der Waals surface area contributed by atoms with Crippen LogP contribution in [0.3, 0.4) is 0 Å². The van der Waals surface area contributed by atoms with Crippen molar-refractivity contribution in [3.8, 4) is 5.75 Å². The van der Waals surface area contributed by atoms with E-state index >= 15 is 0 Å². The summed E-state index contributed by atoms with van der Waals surface area (Å²) < 4.78 is 8.62. The number of ether oxygens (including phenoxy) is 1. The highest BCUT2D eigenvalue weighted by atomic mass is 16.5. The van der Waals surface area contributed by atoms with Crippen LogP contribution >= 0.6 is 0 Å². The zero-order valence-electron chi connectivity index (χ0n) is 27.0. The Morgan fingerprint density at radius 3 is 2.61 bits per heavy atom. The normalized spacial score (nSPS) is 20.0. The third kappa shape index (κ3) is 7.36. The van der Waals surface area contributed by atoms with Crippen LogP contribution in [0.5, 0.6) is 5.75 Å². The number of carboxylic acids is 1. The maximum Gasteiger partial charge on any atom is 0.308 e. The molecular formula is C36H49N4O4+. The molecule has 5 rings (SSSR count). The number of fused-ring (bicyclic) bond motifs is 1. The Balaban J connectivity index is 1.44. The average molecular weight is 602 g/mol. The van der Waals surface area contributed by atoms with Crippen molar-refractivity contribution in [2.24, 2.45) is 13.0 Å². The molecule has 8 nitrogen and oxygen atoms in total. The number of aliphatic carboxylic acids is 1. The minimum absolute atomic E-state index is 0.0249. The molecular weight excluding hydrogens is 552 g/mol. The first-order chi connectivity index (χ1) is 21.0. The van der Waals surface area contributed by atoms with Crippen molar-refractivity contribution in [1.82, 2.24) is 9.47 Å². The number of nitrogens with zero attached hydrogens (tertiary/aromatic N) is 4. The highest BCUT2D eigenvalue weighted by molar-refractivity contribution is 5.95. The van der Waals surface area contributed by atoms with E-state index in [-0.39, 0.29) is 24.4 Å². The highest BCUT2D eigenvalue weighted by Gasteiger charge is 2.47. The largest absolute Gasteiger partial charge is 0.493 e. The summed E-state index contributed by atoms with van der Waals surface area (Å²) in [4.78, 5) is 31.3. The van der Waals surface area contributed by atoms with Crippen molar-refractivity contribution in [3.05, 3.63) is 83.2 Å². The second kappa shape index (κ2) is 13.6. The molecule has 1 amide bonds. The van der Waals surface area contributed by atoms with Crippen molar-refractivity contribution >= 4 is 17.6 Å². The fraction of sp³-hybridized carbons (Fsp3) is 0.500. The first kappa shape index (κ1) is 31.8. The topological polar surface area (TPSA) is 75.0 Å². The molecule has 0 aliphatic carbocycles. The minimum atomic E-state index is -0.797. The number of anilines is 1. The van der Waals surface area contributed by atoms with Gasteiger partial charge in [0.2, 0.25) is 5.91 Å². The molecule has 2 aliphatic rings. The van der Waals surface area contributed by atoms with Gasteiger partial charge in [-0.3, -0.25) is 14.5 Å². The van der Waals surface area contributed by atoms with Gasteiger partial charge in [0.25, 0.3) is 0 Å². The van der Waals surface area contributed by atoms with Gasteiger partial charge >= 0.3 is 5.97 Å². The number of carbonyl (C=O) groups excluding carboxylic acids is 1. The zero-order chi connectivity index (χ0) is 31.4. The minimum Gasteiger partial charge on any atom is -0.493 e. The summed E-state index contributed by atoms with van der Waals surface area (Å²) in [5.41, 5.74) is 5.44. The number of likely N-dealkylation sites (tertiary alicyclic amines) is 1. The number of hydrogen-bond acceptors (Lipinski definition) is 4. The summed E-state index contributed by atoms with van der Waals surface area (Å²) >= 11 is 0. The molecule has 2 aromatic carbocycles. The second-order valence-corrected chi connectivity index (χ2v) is 13.6. The Morgan fingerprint density at radius 2 is 1.91 bits per heavy atom. The maximum atomic E-state index is 14.2. The first-order valence-corrected chi connectivity index (χ1v) is 16.1. The average Bonchev–Trinajstić information content (AvgIpc) is 3.69. The van der Waals surface area contributed by atoms with E-state index < -0.39 is 11.9 Å². The molecule has 1 saturated heterocycles. The lowest BCUT2D eigenvalue weighted by atomic mass is 9.83. The van der Waals surface area contributed by atoms with Crippen molar-refractivity contribution in [3.63, 3.8) is 0 Å². The number of benzene rings is 2. The lowest BCUT2D eigenvalue weighted by Gasteiger charge is -2.30. The quantitative estimate of drug-likeness (QED) is 0.276. The van der Waals surface area contributed by atoms with E-state index in [0.717, 1.165) is 65.0 Å². The van der Waals surface area contributed by atoms with Gasteiger partial charge < -0.3 is 23.8 Å². The molecule has 2 aliphatic heterocycles. The van der Waals surface area contributed by atoms with E-state index in [2.05, 4.69) is 61.8 Å². The van der Waals surface area contributed by atoms with Gasteiger partial charge in [-0.05, 0) is 60.7 Å². The number of quaternary nitrogens is 1. The Labute approximate surface area is 262 Å². The van der Waals surface area contributed by atoms with Crippen molar-refractivity contribution in [2.45, 2.75) is 57.5 Å². The van der Waals surface area contributed by atoms with Gasteiger partial charge in [0.15, 0.2) is 0 Å². The van der Waals surface area contributed by atoms with Crippen LogP contribution in [0.4, 0.5) is 5.69 Å². The number of carboxylic acid groups (broad SMARTS) is 1. The second-order valence-electron chi connectivity index (χ2n) is 13.6. The van der Waals surface area contributed by atoms with Gasteiger partial charge in [0.05, 0.1) is 40.2 Å². The Morgan fingerprint density at radius 1 is 1.09 bits per heavy atom. The van der Waals surface area contributed by atoms with Gasteiger partial charge in [0, 0.05) is 61.7 Å². The van der Waals surface area contributed by atoms with Crippen LogP contribution in [-0.2, 0) is 36.0 Å². The lowest BCUT2D eigenvalue weighted by Crippen LogP contribution is -2.44. The fourth-order valence-electron chi connectivity index (χ4n) is 7.02. The fourth-order valence-corrected chi connectivity index (χ4v) is 7.02. The van der Waals surface area contributed by atoms with Crippen LogP contribution in [0.1, 0.15) is 54.5 Å². The number of carbonyl (C=O) groups is 2. The first-order valence-electron chi connectivity index (χ1n) is 16.1. The van der Waals surface area contributed by atoms with Crippen LogP contribution in [0.25, 0.3) is 0 Å². The van der Waals surface area contributed by atoms with Crippen molar-refractivity contribution < 1.29 is 23.9 Å². The van der Waals surface area contributed by atoms with Crippen LogP contribution in [0, 0.1) is 5.92 Å². The number of rotatable bonds is 13. The summed E-state index contributed by atoms with van der Waals surface area (Å²) in [5, 5.41) is 10.6. The molecule has 8 heteroatoms. The zero-order valence-corrected chi connectivity index (χ0v) is 27.0. The van der Waals surface area contributed by atoms with Crippen molar-refractivity contribution in [2.75, 3.05) is 52.3 Å². The summed E-state index contributed by atoms with van der Waals surface area (Å²) in [6, 6.07) is 18.3. The van der Waals surface area contributed by atoms with E-state index in [4.69, 9.17) is 4.74 Å². The molecule has 44 heavy (non-hydrogen) atoms.